The van der Waals surface area contributed by atoms with Gasteiger partial charge in [0, 0.05) is 0 Å². The minimum atomic E-state index is -4.64. The van der Waals surface area contributed by atoms with Gasteiger partial charge in [0.15, 0.2) is 0 Å². The molecule has 0 bridgehead atoms. The number of hydrogen-bond donors (Lipinski definition) is 5. The van der Waals surface area contributed by atoms with E-state index in [0.717, 1.165) is 0 Å². The van der Waals surface area contributed by atoms with Crippen LogP contribution in [0.2, 0.25) is 0 Å². The standard InChI is InChI=1S/3Ca.K.H3O4P.H2O3Si.7H/c;;;;1-5(2,3)4;1-4(2)3;;;;;;;/h;;;;(H3,1,2,3,4);1-2H;;;;;;;/q3*+2;+1;;;7*-1. The fourth-order valence-electron chi connectivity index (χ4n) is 0. The van der Waals surface area contributed by atoms with E-state index in [-0.39, 0.29) is 175 Å². The molecule has 0 fully saturated rings. The summed E-state index contributed by atoms with van der Waals surface area (Å²) >= 11 is 0. The Morgan fingerprint density at radius 2 is 1.00 bits per heavy atom. The van der Waals surface area contributed by atoms with Crippen molar-refractivity contribution in [2.75, 3.05) is 0 Å². The maximum Gasteiger partial charge on any atom is 2.00 e. The number of hydrogen-bond acceptors (Lipinski definition) is 2. The van der Waals surface area contributed by atoms with Gasteiger partial charge in [-0.05, 0) is 0 Å². The van der Waals surface area contributed by atoms with Crippen LogP contribution in [-0.4, -0.2) is 147 Å². The molecule has 13 heavy (non-hydrogen) atoms. The van der Waals surface area contributed by atoms with Gasteiger partial charge in [0.2, 0.25) is 0 Å². The minimum absolute atomic E-state index is 0. The second-order valence-electron chi connectivity index (χ2n) is 0.796. The van der Waals surface area contributed by atoms with E-state index in [1.54, 1.807) is 0 Å². The zero-order valence-corrected chi connectivity index (χ0v) is 18.8. The molecule has 0 aromatic carbocycles. The van der Waals surface area contributed by atoms with Crippen molar-refractivity contribution in [3.63, 3.8) is 0 Å². The molecule has 0 spiro atoms. The van der Waals surface area contributed by atoms with Crippen molar-refractivity contribution >= 4 is 130 Å². The van der Waals surface area contributed by atoms with Gasteiger partial charge < -0.3 is 34.3 Å². The summed E-state index contributed by atoms with van der Waals surface area (Å²) in [6, 6.07) is 0. The quantitative estimate of drug-likeness (QED) is 0.218. The summed E-state index contributed by atoms with van der Waals surface area (Å²) in [6.45, 7) is 0. The van der Waals surface area contributed by atoms with Crippen molar-refractivity contribution in [1.82, 2.24) is 0 Å². The molecular weight excluding hydrogens is 330 g/mol. The second kappa shape index (κ2) is 22.3. The van der Waals surface area contributed by atoms with Crippen molar-refractivity contribution in [2.24, 2.45) is 0 Å². The van der Waals surface area contributed by atoms with Gasteiger partial charge in [0.05, 0.1) is 0 Å². The Morgan fingerprint density at radius 3 is 1.00 bits per heavy atom. The van der Waals surface area contributed by atoms with Gasteiger partial charge in [-0.2, -0.15) is 0 Å². The summed E-state index contributed by atoms with van der Waals surface area (Å²) < 4.78 is 17.6. The molecule has 0 saturated carbocycles. The number of rotatable bonds is 0. The van der Waals surface area contributed by atoms with Crippen LogP contribution >= 0.6 is 7.82 Å². The van der Waals surface area contributed by atoms with Crippen molar-refractivity contribution in [3.05, 3.63) is 0 Å². The van der Waals surface area contributed by atoms with E-state index in [1.807, 2.05) is 0 Å². The van der Waals surface area contributed by atoms with Crippen LogP contribution in [0.1, 0.15) is 9.99 Å². The van der Waals surface area contributed by atoms with E-state index >= 15 is 0 Å². The molecule has 0 aromatic heterocycles. The van der Waals surface area contributed by atoms with E-state index in [9.17, 15) is 0 Å². The molecule has 0 saturated heterocycles. The van der Waals surface area contributed by atoms with E-state index in [0.29, 0.717) is 0 Å². The van der Waals surface area contributed by atoms with Crippen molar-refractivity contribution in [3.8, 4) is 0 Å². The SMILES string of the molecule is O=P(O)(O)O.O=[Si](O)O.[Ca+2].[Ca+2].[Ca+2].[H-].[H-].[H-].[H-].[H-].[H-].[H-].[K+]. The van der Waals surface area contributed by atoms with E-state index < -0.39 is 17.0 Å². The Bertz CT molecular complexity index is 142. The largest absolute Gasteiger partial charge is 2.00 e. The van der Waals surface area contributed by atoms with Crippen LogP contribution in [0.5, 0.6) is 0 Å². The molecule has 0 rings (SSSR count). The van der Waals surface area contributed by atoms with Crippen LogP contribution < -0.4 is 51.4 Å². The Balaban J connectivity index is -0.00000000289. The summed E-state index contributed by atoms with van der Waals surface area (Å²) in [7, 11) is -7.77. The van der Waals surface area contributed by atoms with Crippen molar-refractivity contribution < 1.29 is 94.7 Å². The molecule has 0 aliphatic rings. The zero-order valence-electron chi connectivity index (χ0n) is 14.1. The van der Waals surface area contributed by atoms with Crippen molar-refractivity contribution in [2.45, 2.75) is 0 Å². The third-order valence-electron chi connectivity index (χ3n) is 0. The van der Waals surface area contributed by atoms with Crippen LogP contribution in [0.3, 0.4) is 0 Å². The summed E-state index contributed by atoms with van der Waals surface area (Å²) in [6.07, 6.45) is 0. The molecule has 70 valence electrons. The van der Waals surface area contributed by atoms with Gasteiger partial charge in [0.1, 0.15) is 0 Å². The fraction of sp³-hybridized carbons (Fsp3) is 0. The monoisotopic (exact) mass is 342 g/mol. The first kappa shape index (κ1) is 36.2. The second-order valence-corrected chi connectivity index (χ2v) is 2.39. The average molecular weight is 342 g/mol. The Hall–Kier alpha value is 5.14. The number of phosphoric acid groups is 1. The topological polar surface area (TPSA) is 135 Å². The Morgan fingerprint density at radius 1 is 1.00 bits per heavy atom. The first-order chi connectivity index (χ1) is 3.73. The molecule has 0 aliphatic heterocycles. The minimum Gasteiger partial charge on any atom is -1.00 e. The van der Waals surface area contributed by atoms with Gasteiger partial charge in [-0.3, -0.25) is 4.46 Å². The third-order valence-corrected chi connectivity index (χ3v) is 0. The summed E-state index contributed by atoms with van der Waals surface area (Å²) in [5.41, 5.74) is 0. The van der Waals surface area contributed by atoms with Crippen LogP contribution in [0.4, 0.5) is 0 Å². The average Bonchev–Trinajstić information content (AvgIpc) is 1.19. The molecular formula is H12Ca3KO7PSi. The van der Waals surface area contributed by atoms with Gasteiger partial charge >= 0.3 is 182 Å². The molecule has 7 nitrogen and oxygen atoms in total. The smallest absolute Gasteiger partial charge is 1.00 e. The maximum absolute atomic E-state index is 8.88. The van der Waals surface area contributed by atoms with Crippen LogP contribution in [0.25, 0.3) is 0 Å². The molecule has 0 heterocycles. The third kappa shape index (κ3) is 149. The molecule has 5 N–H and O–H groups in total. The molecule has 0 unspecified atom stereocenters. The van der Waals surface area contributed by atoms with Gasteiger partial charge in [0.25, 0.3) is 0 Å². The van der Waals surface area contributed by atoms with E-state index in [2.05, 4.69) is 0 Å². The summed E-state index contributed by atoms with van der Waals surface area (Å²) in [4.78, 5) is 35.9. The normalized spacial score (nSPS) is 6.38. The molecule has 0 atom stereocenters. The van der Waals surface area contributed by atoms with Gasteiger partial charge in [-0.1, -0.05) is 0 Å². The van der Waals surface area contributed by atoms with Crippen molar-refractivity contribution in [1.29, 1.82) is 0 Å². The van der Waals surface area contributed by atoms with Crippen LogP contribution in [0.15, 0.2) is 0 Å². The van der Waals surface area contributed by atoms with Crippen LogP contribution in [-0.2, 0) is 9.03 Å². The summed E-state index contributed by atoms with van der Waals surface area (Å²) in [5, 5.41) is 0. The van der Waals surface area contributed by atoms with Crippen LogP contribution in [0, 0.1) is 0 Å². The maximum atomic E-state index is 8.88. The Labute approximate surface area is 219 Å². The molecule has 0 aromatic rings. The Kier molecular flexibility index (Phi) is 62.1. The molecule has 0 amide bonds. The zero-order chi connectivity index (χ0) is 8.08. The first-order valence-electron chi connectivity index (χ1n) is 1.43. The van der Waals surface area contributed by atoms with E-state index in [1.165, 1.54) is 0 Å². The molecule has 0 aliphatic carbocycles. The first-order valence-corrected chi connectivity index (χ1v) is 4.30. The predicted octanol–water partition coefficient (Wildman–Crippen LogP) is -5.89. The van der Waals surface area contributed by atoms with E-state index in [4.69, 9.17) is 33.3 Å². The van der Waals surface area contributed by atoms with Gasteiger partial charge in [-0.15, -0.1) is 0 Å². The predicted molar refractivity (Wildman–Crippen MR) is 50.2 cm³/mol. The summed E-state index contributed by atoms with van der Waals surface area (Å²) in [5.74, 6) is 0. The van der Waals surface area contributed by atoms with Gasteiger partial charge in [-0.25, -0.2) is 4.57 Å². The molecule has 13 heteroatoms. The fourth-order valence-corrected chi connectivity index (χ4v) is 0. The molecule has 0 radical (unpaired) electrons.